The molecule has 1 heterocycles. The third-order valence-corrected chi connectivity index (χ3v) is 4.38. The lowest BCUT2D eigenvalue weighted by Crippen LogP contribution is -2.31. The molecule has 1 saturated carbocycles. The van der Waals surface area contributed by atoms with E-state index in [0.717, 1.165) is 23.8 Å². The van der Waals surface area contributed by atoms with Crippen LogP contribution in [-0.4, -0.2) is 15.8 Å². The van der Waals surface area contributed by atoms with Gasteiger partial charge in [-0.15, -0.1) is 0 Å². The summed E-state index contributed by atoms with van der Waals surface area (Å²) in [5, 5.41) is 8.26. The van der Waals surface area contributed by atoms with Gasteiger partial charge in [-0.3, -0.25) is 0 Å². The number of aromatic nitrogens is 2. The highest BCUT2D eigenvalue weighted by molar-refractivity contribution is 5.30. The number of hydrogen-bond donors (Lipinski definition) is 1. The second kappa shape index (κ2) is 6.23. The fraction of sp³-hybridized carbons (Fsp3) is 0.471. The first-order chi connectivity index (χ1) is 9.83. The average molecular weight is 269 g/mol. The van der Waals surface area contributed by atoms with Crippen molar-refractivity contribution in [3.8, 4) is 5.69 Å². The van der Waals surface area contributed by atoms with Crippen molar-refractivity contribution in [1.29, 1.82) is 0 Å². The van der Waals surface area contributed by atoms with Gasteiger partial charge >= 0.3 is 0 Å². The molecule has 106 valence electrons. The van der Waals surface area contributed by atoms with Crippen molar-refractivity contribution in [2.75, 3.05) is 0 Å². The quantitative estimate of drug-likeness (QED) is 0.899. The summed E-state index contributed by atoms with van der Waals surface area (Å²) in [6.45, 7) is 3.17. The molecule has 1 aliphatic carbocycles. The Balaban J connectivity index is 1.57. The standard InChI is InChI=1S/C17H23N3/c1-14(15-7-5-6-8-15)18-13-16-11-12-20(19-16)17-9-3-2-4-10-17/h2-4,9-12,14-15,18H,5-8,13H2,1H3. The summed E-state index contributed by atoms with van der Waals surface area (Å²) >= 11 is 0. The summed E-state index contributed by atoms with van der Waals surface area (Å²) in [6, 6.07) is 12.9. The Morgan fingerprint density at radius 3 is 2.70 bits per heavy atom. The summed E-state index contributed by atoms with van der Waals surface area (Å²) in [5.41, 5.74) is 2.22. The van der Waals surface area contributed by atoms with Crippen LogP contribution in [0, 0.1) is 5.92 Å². The van der Waals surface area contributed by atoms with Crippen molar-refractivity contribution in [3.63, 3.8) is 0 Å². The largest absolute Gasteiger partial charge is 0.308 e. The van der Waals surface area contributed by atoms with E-state index in [1.54, 1.807) is 0 Å². The number of para-hydroxylation sites is 1. The molecule has 0 radical (unpaired) electrons. The van der Waals surface area contributed by atoms with Gasteiger partial charge in [-0.2, -0.15) is 5.10 Å². The molecule has 0 amide bonds. The van der Waals surface area contributed by atoms with Crippen LogP contribution in [0.3, 0.4) is 0 Å². The third kappa shape index (κ3) is 3.10. The number of nitrogens with zero attached hydrogens (tertiary/aromatic N) is 2. The Bertz CT molecular complexity index is 526. The van der Waals surface area contributed by atoms with E-state index in [9.17, 15) is 0 Å². The third-order valence-electron chi connectivity index (χ3n) is 4.38. The SMILES string of the molecule is CC(NCc1ccn(-c2ccccc2)n1)C1CCCC1. The maximum absolute atomic E-state index is 4.63. The molecule has 1 aliphatic rings. The van der Waals surface area contributed by atoms with E-state index >= 15 is 0 Å². The van der Waals surface area contributed by atoms with Gasteiger partial charge in [0.1, 0.15) is 0 Å². The lowest BCUT2D eigenvalue weighted by atomic mass is 10.00. The van der Waals surface area contributed by atoms with Gasteiger partial charge < -0.3 is 5.32 Å². The van der Waals surface area contributed by atoms with E-state index in [0.29, 0.717) is 6.04 Å². The van der Waals surface area contributed by atoms with Crippen LogP contribution in [0.1, 0.15) is 38.3 Å². The summed E-state index contributed by atoms with van der Waals surface area (Å²) < 4.78 is 1.94. The lowest BCUT2D eigenvalue weighted by Gasteiger charge is -2.19. The van der Waals surface area contributed by atoms with Crippen molar-refractivity contribution in [2.45, 2.75) is 45.2 Å². The monoisotopic (exact) mass is 269 g/mol. The van der Waals surface area contributed by atoms with Crippen LogP contribution >= 0.6 is 0 Å². The Morgan fingerprint density at radius 1 is 1.20 bits per heavy atom. The van der Waals surface area contributed by atoms with Crippen molar-refractivity contribution in [1.82, 2.24) is 15.1 Å². The van der Waals surface area contributed by atoms with Crippen LogP contribution in [-0.2, 0) is 6.54 Å². The van der Waals surface area contributed by atoms with E-state index in [4.69, 9.17) is 0 Å². The van der Waals surface area contributed by atoms with Crippen LogP contribution in [0.25, 0.3) is 5.69 Å². The summed E-state index contributed by atoms with van der Waals surface area (Å²) in [7, 11) is 0. The predicted molar refractivity (Wildman–Crippen MR) is 81.8 cm³/mol. The molecule has 1 unspecified atom stereocenters. The average Bonchev–Trinajstić information content (AvgIpc) is 3.17. The maximum atomic E-state index is 4.63. The smallest absolute Gasteiger partial charge is 0.0766 e. The van der Waals surface area contributed by atoms with Gasteiger partial charge in [0.2, 0.25) is 0 Å². The molecule has 0 saturated heterocycles. The van der Waals surface area contributed by atoms with E-state index in [1.165, 1.54) is 25.7 Å². The highest BCUT2D eigenvalue weighted by atomic mass is 15.3. The van der Waals surface area contributed by atoms with Gasteiger partial charge in [0.05, 0.1) is 11.4 Å². The molecular formula is C17H23N3. The molecule has 1 fully saturated rings. The zero-order valence-corrected chi connectivity index (χ0v) is 12.1. The highest BCUT2D eigenvalue weighted by Crippen LogP contribution is 2.27. The zero-order valence-electron chi connectivity index (χ0n) is 12.1. The number of nitrogens with one attached hydrogen (secondary N) is 1. The van der Waals surface area contributed by atoms with E-state index in [2.05, 4.69) is 35.5 Å². The number of benzene rings is 1. The van der Waals surface area contributed by atoms with Gasteiger partial charge in [-0.25, -0.2) is 4.68 Å². The fourth-order valence-corrected chi connectivity index (χ4v) is 3.07. The molecule has 20 heavy (non-hydrogen) atoms. The van der Waals surface area contributed by atoms with Crippen LogP contribution in [0.5, 0.6) is 0 Å². The first-order valence-electron chi connectivity index (χ1n) is 7.66. The van der Waals surface area contributed by atoms with Crippen molar-refractivity contribution >= 4 is 0 Å². The normalized spacial score (nSPS) is 17.4. The molecule has 2 aromatic rings. The molecule has 3 heteroatoms. The van der Waals surface area contributed by atoms with Gasteiger partial charge in [-0.05, 0) is 43.9 Å². The molecule has 1 aromatic heterocycles. The van der Waals surface area contributed by atoms with Crippen molar-refractivity contribution in [3.05, 3.63) is 48.3 Å². The summed E-state index contributed by atoms with van der Waals surface area (Å²) in [5.74, 6) is 0.853. The number of hydrogen-bond acceptors (Lipinski definition) is 2. The highest BCUT2D eigenvalue weighted by Gasteiger charge is 2.21. The maximum Gasteiger partial charge on any atom is 0.0766 e. The van der Waals surface area contributed by atoms with Crippen molar-refractivity contribution in [2.24, 2.45) is 5.92 Å². The number of rotatable bonds is 5. The topological polar surface area (TPSA) is 29.9 Å². The molecule has 0 aliphatic heterocycles. The van der Waals surface area contributed by atoms with Gasteiger partial charge in [0, 0.05) is 18.8 Å². The lowest BCUT2D eigenvalue weighted by molar-refractivity contribution is 0.378. The van der Waals surface area contributed by atoms with Gasteiger partial charge in [0.15, 0.2) is 0 Å². The van der Waals surface area contributed by atoms with E-state index < -0.39 is 0 Å². The second-order valence-corrected chi connectivity index (χ2v) is 5.80. The summed E-state index contributed by atoms with van der Waals surface area (Å²) in [4.78, 5) is 0. The van der Waals surface area contributed by atoms with Crippen LogP contribution < -0.4 is 5.32 Å². The molecular weight excluding hydrogens is 246 g/mol. The first-order valence-corrected chi connectivity index (χ1v) is 7.66. The minimum atomic E-state index is 0.597. The minimum absolute atomic E-state index is 0.597. The zero-order chi connectivity index (χ0) is 13.8. The second-order valence-electron chi connectivity index (χ2n) is 5.80. The van der Waals surface area contributed by atoms with Crippen LogP contribution in [0.15, 0.2) is 42.6 Å². The van der Waals surface area contributed by atoms with Crippen LogP contribution in [0.2, 0.25) is 0 Å². The predicted octanol–water partition coefficient (Wildman–Crippen LogP) is 3.54. The Kier molecular flexibility index (Phi) is 4.16. The van der Waals surface area contributed by atoms with Gasteiger partial charge in [-0.1, -0.05) is 31.0 Å². The Hall–Kier alpha value is -1.61. The fourth-order valence-electron chi connectivity index (χ4n) is 3.07. The van der Waals surface area contributed by atoms with Crippen molar-refractivity contribution < 1.29 is 0 Å². The molecule has 1 aromatic carbocycles. The van der Waals surface area contributed by atoms with Crippen LogP contribution in [0.4, 0.5) is 0 Å². The molecule has 3 nitrogen and oxygen atoms in total. The van der Waals surface area contributed by atoms with E-state index in [1.807, 2.05) is 29.1 Å². The summed E-state index contributed by atoms with van der Waals surface area (Å²) in [6.07, 6.45) is 7.60. The molecule has 0 spiro atoms. The Labute approximate surface area is 121 Å². The molecule has 3 rings (SSSR count). The first kappa shape index (κ1) is 13.4. The minimum Gasteiger partial charge on any atom is -0.308 e. The molecule has 1 N–H and O–H groups in total. The molecule has 0 bridgehead atoms. The van der Waals surface area contributed by atoms with Gasteiger partial charge in [0.25, 0.3) is 0 Å². The Morgan fingerprint density at radius 2 is 1.95 bits per heavy atom. The molecule has 1 atom stereocenters. The van der Waals surface area contributed by atoms with E-state index in [-0.39, 0.29) is 0 Å².